The summed E-state index contributed by atoms with van der Waals surface area (Å²) in [4.78, 5) is 24.5. The van der Waals surface area contributed by atoms with Crippen LogP contribution in [-0.4, -0.2) is 27.9 Å². The van der Waals surface area contributed by atoms with E-state index < -0.39 is 35.3 Å². The summed E-state index contributed by atoms with van der Waals surface area (Å²) < 4.78 is 52.5. The van der Waals surface area contributed by atoms with E-state index >= 15 is 0 Å². The molecule has 2 heterocycles. The molecule has 0 radical (unpaired) electrons. The number of fused-ring (bicyclic) bond motifs is 2. The molecule has 0 saturated heterocycles. The van der Waals surface area contributed by atoms with Gasteiger partial charge >= 0.3 is 11.8 Å². The molecule has 0 saturated carbocycles. The summed E-state index contributed by atoms with van der Waals surface area (Å²) in [5.41, 5.74) is -5.33. The number of rotatable bonds is 4. The molecular weight excluding hydrogens is 497 g/mol. The van der Waals surface area contributed by atoms with Crippen LogP contribution >= 0.6 is 15.9 Å². The summed E-state index contributed by atoms with van der Waals surface area (Å²) in [5, 5.41) is 16.7. The lowest BCUT2D eigenvalue weighted by molar-refractivity contribution is -0.263. The van der Waals surface area contributed by atoms with Gasteiger partial charge in [-0.05, 0) is 50.2 Å². The number of amides is 1. The molecule has 32 heavy (non-hydrogen) atoms. The Morgan fingerprint density at radius 1 is 1.22 bits per heavy atom. The second-order valence-corrected chi connectivity index (χ2v) is 8.69. The van der Waals surface area contributed by atoms with Crippen LogP contribution in [0, 0.1) is 6.92 Å². The van der Waals surface area contributed by atoms with Crippen molar-refractivity contribution in [3.63, 3.8) is 0 Å². The molecule has 1 aliphatic heterocycles. The fourth-order valence-electron chi connectivity index (χ4n) is 3.73. The molecule has 0 spiro atoms. The number of alkyl halides is 3. The van der Waals surface area contributed by atoms with Gasteiger partial charge in [0.1, 0.15) is 11.4 Å². The average Bonchev–Trinajstić information content (AvgIpc) is 2.71. The zero-order valence-corrected chi connectivity index (χ0v) is 18.3. The number of hydrogen-bond acceptors (Lipinski definition) is 6. The first-order valence-electron chi connectivity index (χ1n) is 9.34. The van der Waals surface area contributed by atoms with E-state index in [1.807, 2.05) is 0 Å². The van der Waals surface area contributed by atoms with Crippen molar-refractivity contribution in [1.29, 1.82) is 0 Å². The SMILES string of the molecule is Cc1noc(=O)c2ccc(NC(=O)C(O)(CC3(C)Oc4ccc(Br)cc43)C(F)(F)F)cc12. The topological polar surface area (TPSA) is 102 Å². The lowest BCUT2D eigenvalue weighted by Crippen LogP contribution is -2.60. The smallest absolute Gasteiger partial charge is 0.426 e. The summed E-state index contributed by atoms with van der Waals surface area (Å²) in [5.74, 6) is -1.30. The Kier molecular flexibility index (Phi) is 5.09. The molecule has 2 N–H and O–H groups in total. The fraction of sp³-hybridized carbons (Fsp3) is 0.286. The maximum Gasteiger partial charge on any atom is 0.426 e. The van der Waals surface area contributed by atoms with E-state index in [9.17, 15) is 27.9 Å². The van der Waals surface area contributed by atoms with Crippen LogP contribution in [0.15, 0.2) is 50.2 Å². The predicted molar refractivity (Wildman–Crippen MR) is 111 cm³/mol. The zero-order chi connectivity index (χ0) is 23.5. The minimum Gasteiger partial charge on any atom is -0.482 e. The lowest BCUT2D eigenvalue weighted by atomic mass is 9.78. The number of carbonyl (C=O) groups excluding carboxylic acids is 1. The molecule has 0 bridgehead atoms. The minimum absolute atomic E-state index is 0.0523. The van der Waals surface area contributed by atoms with Gasteiger partial charge in [0, 0.05) is 27.5 Å². The van der Waals surface area contributed by atoms with Crippen molar-refractivity contribution in [2.75, 3.05) is 5.32 Å². The number of nitrogens with zero attached hydrogens (tertiary/aromatic N) is 1. The van der Waals surface area contributed by atoms with E-state index in [1.54, 1.807) is 18.2 Å². The molecule has 3 aromatic rings. The van der Waals surface area contributed by atoms with Gasteiger partial charge in [0.05, 0.1) is 11.1 Å². The average molecular weight is 513 g/mol. The van der Waals surface area contributed by atoms with E-state index in [0.717, 1.165) is 0 Å². The Morgan fingerprint density at radius 3 is 2.62 bits per heavy atom. The highest BCUT2D eigenvalue weighted by atomic mass is 79.9. The number of hydrogen-bond donors (Lipinski definition) is 2. The first-order chi connectivity index (χ1) is 14.8. The number of benzene rings is 2. The monoisotopic (exact) mass is 512 g/mol. The van der Waals surface area contributed by atoms with Crippen molar-refractivity contribution in [3.8, 4) is 5.75 Å². The molecule has 2 atom stereocenters. The summed E-state index contributed by atoms with van der Waals surface area (Å²) >= 11 is 3.25. The molecule has 1 aliphatic rings. The standard InChI is InChI=1S/C21H16BrF3N2O5/c1-10-14-8-12(4-5-13(14)17(28)32-27-10)26-18(29)20(30,21(23,24)25)9-19(2)15-7-11(22)3-6-16(15)31-19/h3-8,30H,9H2,1-2H3,(H,26,29). The second kappa shape index (κ2) is 7.31. The van der Waals surface area contributed by atoms with Gasteiger partial charge in [-0.25, -0.2) is 4.79 Å². The molecule has 2 unspecified atom stereocenters. The normalized spacial score (nSPS) is 19.5. The van der Waals surface area contributed by atoms with Crippen LogP contribution in [0.5, 0.6) is 5.75 Å². The van der Waals surface area contributed by atoms with Gasteiger partial charge in [-0.1, -0.05) is 21.1 Å². The highest BCUT2D eigenvalue weighted by Crippen LogP contribution is 2.51. The third-order valence-electron chi connectivity index (χ3n) is 5.44. The number of aromatic nitrogens is 1. The maximum atomic E-state index is 13.9. The van der Waals surface area contributed by atoms with Crippen LogP contribution in [0.25, 0.3) is 10.8 Å². The number of ether oxygens (including phenoxy) is 1. The van der Waals surface area contributed by atoms with Gasteiger partial charge in [-0.15, -0.1) is 0 Å². The van der Waals surface area contributed by atoms with Gasteiger partial charge in [0.2, 0.25) is 5.60 Å². The van der Waals surface area contributed by atoms with E-state index in [4.69, 9.17) is 4.74 Å². The Bertz CT molecular complexity index is 1310. The molecule has 11 heteroatoms. The molecular formula is C21H16BrF3N2O5. The highest BCUT2D eigenvalue weighted by molar-refractivity contribution is 9.10. The maximum absolute atomic E-state index is 13.9. The van der Waals surface area contributed by atoms with Crippen LogP contribution in [0.4, 0.5) is 18.9 Å². The van der Waals surface area contributed by atoms with Crippen molar-refractivity contribution in [3.05, 3.63) is 62.5 Å². The fourth-order valence-corrected chi connectivity index (χ4v) is 4.09. The number of anilines is 1. The van der Waals surface area contributed by atoms with Gasteiger partial charge in [-0.3, -0.25) is 4.79 Å². The van der Waals surface area contributed by atoms with Gasteiger partial charge in [-0.2, -0.15) is 13.2 Å². The van der Waals surface area contributed by atoms with Crippen molar-refractivity contribution >= 4 is 38.3 Å². The summed E-state index contributed by atoms with van der Waals surface area (Å²) in [7, 11) is 0. The van der Waals surface area contributed by atoms with Crippen LogP contribution in [0.2, 0.25) is 0 Å². The highest BCUT2D eigenvalue weighted by Gasteiger charge is 2.64. The van der Waals surface area contributed by atoms with Gasteiger partial charge in [0.15, 0.2) is 0 Å². The van der Waals surface area contributed by atoms with E-state index in [0.29, 0.717) is 26.9 Å². The van der Waals surface area contributed by atoms with E-state index in [1.165, 1.54) is 32.0 Å². The third kappa shape index (κ3) is 3.55. The number of halogens is 4. The second-order valence-electron chi connectivity index (χ2n) is 7.78. The van der Waals surface area contributed by atoms with Crippen molar-refractivity contribution < 1.29 is 32.3 Å². The molecule has 7 nitrogen and oxygen atoms in total. The number of aryl methyl sites for hydroxylation is 1. The van der Waals surface area contributed by atoms with Crippen LogP contribution in [0.3, 0.4) is 0 Å². The molecule has 168 valence electrons. The largest absolute Gasteiger partial charge is 0.482 e. The van der Waals surface area contributed by atoms with Gasteiger partial charge < -0.3 is 19.7 Å². The van der Waals surface area contributed by atoms with Crippen LogP contribution < -0.4 is 15.7 Å². The minimum atomic E-state index is -5.29. The lowest BCUT2D eigenvalue weighted by Gasteiger charge is -2.45. The Morgan fingerprint density at radius 2 is 1.94 bits per heavy atom. The zero-order valence-electron chi connectivity index (χ0n) is 16.7. The van der Waals surface area contributed by atoms with Crippen molar-refractivity contribution in [2.45, 2.75) is 37.6 Å². The first kappa shape index (κ1) is 22.3. The number of aliphatic hydroxyl groups is 1. The Balaban J connectivity index is 1.67. The third-order valence-corrected chi connectivity index (χ3v) is 5.93. The molecule has 0 fully saturated rings. The van der Waals surface area contributed by atoms with Crippen LogP contribution in [0.1, 0.15) is 24.6 Å². The summed E-state index contributed by atoms with van der Waals surface area (Å²) in [6.07, 6.45) is -6.35. The number of carbonyl (C=O) groups is 1. The molecule has 1 amide bonds. The summed E-state index contributed by atoms with van der Waals surface area (Å²) in [6, 6.07) is 8.65. The first-order valence-corrected chi connectivity index (χ1v) is 10.1. The Labute approximate surface area is 187 Å². The quantitative estimate of drug-likeness (QED) is 0.543. The predicted octanol–water partition coefficient (Wildman–Crippen LogP) is 4.19. The molecule has 0 aliphatic carbocycles. The van der Waals surface area contributed by atoms with Crippen molar-refractivity contribution in [2.24, 2.45) is 0 Å². The number of nitrogens with one attached hydrogen (secondary N) is 1. The Hall–Kier alpha value is -2.92. The van der Waals surface area contributed by atoms with E-state index in [-0.39, 0.29) is 11.1 Å². The molecule has 4 rings (SSSR count). The van der Waals surface area contributed by atoms with E-state index in [2.05, 4.69) is 30.9 Å². The van der Waals surface area contributed by atoms with Crippen LogP contribution in [-0.2, 0) is 10.4 Å². The van der Waals surface area contributed by atoms with Crippen molar-refractivity contribution in [1.82, 2.24) is 5.16 Å². The molecule has 1 aromatic heterocycles. The summed E-state index contributed by atoms with van der Waals surface area (Å²) in [6.45, 7) is 2.91. The molecule has 2 aromatic carbocycles. The van der Waals surface area contributed by atoms with Gasteiger partial charge in [0.25, 0.3) is 5.91 Å².